The van der Waals surface area contributed by atoms with Gasteiger partial charge in [0.1, 0.15) is 0 Å². The zero-order valence-corrected chi connectivity index (χ0v) is 12.2. The van der Waals surface area contributed by atoms with Gasteiger partial charge in [-0.2, -0.15) is 0 Å². The van der Waals surface area contributed by atoms with E-state index in [1.165, 1.54) is 5.56 Å². The van der Waals surface area contributed by atoms with Crippen molar-refractivity contribution in [2.24, 2.45) is 0 Å². The summed E-state index contributed by atoms with van der Waals surface area (Å²) in [6.07, 6.45) is 1.58. The van der Waals surface area contributed by atoms with Crippen molar-refractivity contribution in [1.82, 2.24) is 9.88 Å². The molecule has 1 aromatic heterocycles. The van der Waals surface area contributed by atoms with Gasteiger partial charge in [-0.3, -0.25) is 9.69 Å². The van der Waals surface area contributed by atoms with Gasteiger partial charge in [0.15, 0.2) is 0 Å². The van der Waals surface area contributed by atoms with Crippen LogP contribution in [0.2, 0.25) is 0 Å². The summed E-state index contributed by atoms with van der Waals surface area (Å²) in [6.45, 7) is 1.05. The molecule has 5 heteroatoms. The maximum atomic E-state index is 12.0. The van der Waals surface area contributed by atoms with Gasteiger partial charge in [-0.25, -0.2) is 4.98 Å². The molecule has 0 saturated carbocycles. The molecule has 2 rings (SSSR count). The third-order valence-corrected chi connectivity index (χ3v) is 2.94. The standard InChI is InChI=1S/C16H19N3O2/c1-19(11-13-6-4-3-5-7-13)12-15(20)18-14-8-9-16(21-2)17-10-14/h3-10H,11-12H2,1-2H3,(H,18,20). The molecule has 2 aromatic rings. The smallest absolute Gasteiger partial charge is 0.238 e. The molecule has 0 atom stereocenters. The molecule has 1 N–H and O–H groups in total. The fraction of sp³-hybridized carbons (Fsp3) is 0.250. The Labute approximate surface area is 124 Å². The van der Waals surface area contributed by atoms with Crippen molar-refractivity contribution >= 4 is 11.6 Å². The number of pyridine rings is 1. The monoisotopic (exact) mass is 285 g/mol. The van der Waals surface area contributed by atoms with Crippen molar-refractivity contribution in [2.45, 2.75) is 6.54 Å². The van der Waals surface area contributed by atoms with Crippen molar-refractivity contribution < 1.29 is 9.53 Å². The van der Waals surface area contributed by atoms with Crippen LogP contribution in [-0.4, -0.2) is 36.5 Å². The summed E-state index contributed by atoms with van der Waals surface area (Å²) in [5, 5.41) is 2.81. The van der Waals surface area contributed by atoms with Crippen molar-refractivity contribution in [2.75, 3.05) is 26.0 Å². The molecular weight excluding hydrogens is 266 g/mol. The van der Waals surface area contributed by atoms with Crippen LogP contribution < -0.4 is 10.1 Å². The summed E-state index contributed by atoms with van der Waals surface area (Å²) >= 11 is 0. The second-order valence-corrected chi connectivity index (χ2v) is 4.80. The number of ether oxygens (including phenoxy) is 1. The summed E-state index contributed by atoms with van der Waals surface area (Å²) < 4.78 is 4.97. The van der Waals surface area contributed by atoms with Crippen LogP contribution in [0, 0.1) is 0 Å². The van der Waals surface area contributed by atoms with E-state index in [0.29, 0.717) is 18.1 Å². The fourth-order valence-corrected chi connectivity index (χ4v) is 1.97. The molecule has 0 saturated heterocycles. The molecule has 5 nitrogen and oxygen atoms in total. The summed E-state index contributed by atoms with van der Waals surface area (Å²) in [6, 6.07) is 13.5. The van der Waals surface area contributed by atoms with Gasteiger partial charge in [0.05, 0.1) is 25.5 Å². The lowest BCUT2D eigenvalue weighted by molar-refractivity contribution is -0.117. The van der Waals surface area contributed by atoms with Crippen LogP contribution in [-0.2, 0) is 11.3 Å². The molecule has 0 aliphatic rings. The van der Waals surface area contributed by atoms with Crippen LogP contribution in [0.15, 0.2) is 48.7 Å². The number of nitrogens with zero attached hydrogens (tertiary/aromatic N) is 2. The number of carbonyl (C=O) groups is 1. The van der Waals surface area contributed by atoms with Crippen LogP contribution >= 0.6 is 0 Å². The fourth-order valence-electron chi connectivity index (χ4n) is 1.97. The van der Waals surface area contributed by atoms with Gasteiger partial charge in [-0.15, -0.1) is 0 Å². The van der Waals surface area contributed by atoms with E-state index >= 15 is 0 Å². The van der Waals surface area contributed by atoms with E-state index in [-0.39, 0.29) is 5.91 Å². The van der Waals surface area contributed by atoms with Crippen molar-refractivity contribution in [3.63, 3.8) is 0 Å². The zero-order valence-electron chi connectivity index (χ0n) is 12.2. The van der Waals surface area contributed by atoms with E-state index in [0.717, 1.165) is 6.54 Å². The third-order valence-electron chi connectivity index (χ3n) is 2.94. The van der Waals surface area contributed by atoms with E-state index in [4.69, 9.17) is 4.74 Å². The van der Waals surface area contributed by atoms with Crippen molar-refractivity contribution in [3.05, 3.63) is 54.2 Å². The molecule has 1 aromatic carbocycles. The second-order valence-electron chi connectivity index (χ2n) is 4.80. The quantitative estimate of drug-likeness (QED) is 0.883. The minimum atomic E-state index is -0.0691. The molecule has 0 spiro atoms. The molecule has 0 bridgehead atoms. The average molecular weight is 285 g/mol. The number of amides is 1. The lowest BCUT2D eigenvalue weighted by Crippen LogP contribution is -2.29. The molecular formula is C16H19N3O2. The topological polar surface area (TPSA) is 54.5 Å². The number of aromatic nitrogens is 1. The first-order valence-electron chi connectivity index (χ1n) is 6.70. The summed E-state index contributed by atoms with van der Waals surface area (Å²) in [5.74, 6) is 0.453. The Morgan fingerprint density at radius 2 is 2.00 bits per heavy atom. The van der Waals surface area contributed by atoms with Gasteiger partial charge in [0, 0.05) is 12.6 Å². The number of anilines is 1. The Hall–Kier alpha value is -2.40. The molecule has 0 aliphatic heterocycles. The van der Waals surface area contributed by atoms with Crippen LogP contribution in [0.25, 0.3) is 0 Å². The Balaban J connectivity index is 1.83. The van der Waals surface area contributed by atoms with Crippen LogP contribution in [0.4, 0.5) is 5.69 Å². The lowest BCUT2D eigenvalue weighted by Gasteiger charge is -2.16. The Morgan fingerprint density at radius 1 is 1.24 bits per heavy atom. The Kier molecular flexibility index (Phi) is 5.29. The van der Waals surface area contributed by atoms with E-state index in [1.54, 1.807) is 25.4 Å². The van der Waals surface area contributed by atoms with Crippen LogP contribution in [0.5, 0.6) is 5.88 Å². The van der Waals surface area contributed by atoms with Gasteiger partial charge < -0.3 is 10.1 Å². The number of nitrogens with one attached hydrogen (secondary N) is 1. The Bertz CT molecular complexity index is 570. The van der Waals surface area contributed by atoms with E-state index < -0.39 is 0 Å². The highest BCUT2D eigenvalue weighted by molar-refractivity contribution is 5.92. The average Bonchev–Trinajstić information content (AvgIpc) is 2.48. The number of hydrogen-bond acceptors (Lipinski definition) is 4. The molecule has 110 valence electrons. The van der Waals surface area contributed by atoms with Crippen molar-refractivity contribution in [1.29, 1.82) is 0 Å². The van der Waals surface area contributed by atoms with E-state index in [1.807, 2.05) is 42.3 Å². The minimum absolute atomic E-state index is 0.0691. The second kappa shape index (κ2) is 7.40. The summed E-state index contributed by atoms with van der Waals surface area (Å²) in [7, 11) is 3.47. The van der Waals surface area contributed by atoms with Crippen LogP contribution in [0.3, 0.4) is 0 Å². The molecule has 21 heavy (non-hydrogen) atoms. The van der Waals surface area contributed by atoms with E-state index in [9.17, 15) is 4.79 Å². The Morgan fingerprint density at radius 3 is 2.62 bits per heavy atom. The number of hydrogen-bond donors (Lipinski definition) is 1. The predicted molar refractivity (Wildman–Crippen MR) is 82.2 cm³/mol. The van der Waals surface area contributed by atoms with Gasteiger partial charge in [-0.05, 0) is 18.7 Å². The largest absolute Gasteiger partial charge is 0.481 e. The molecule has 0 radical (unpaired) electrons. The summed E-state index contributed by atoms with van der Waals surface area (Å²) in [5.41, 5.74) is 1.84. The maximum Gasteiger partial charge on any atom is 0.238 e. The first kappa shape index (κ1) is 15.0. The normalized spacial score (nSPS) is 10.4. The van der Waals surface area contributed by atoms with Gasteiger partial charge in [0.2, 0.25) is 11.8 Å². The first-order valence-corrected chi connectivity index (χ1v) is 6.70. The third kappa shape index (κ3) is 4.89. The molecule has 1 heterocycles. The number of carbonyl (C=O) groups excluding carboxylic acids is 1. The highest BCUT2D eigenvalue weighted by Gasteiger charge is 2.07. The molecule has 0 fully saturated rings. The number of rotatable bonds is 6. The number of methoxy groups -OCH3 is 1. The highest BCUT2D eigenvalue weighted by Crippen LogP contribution is 2.11. The molecule has 0 unspecified atom stereocenters. The van der Waals surface area contributed by atoms with Crippen LogP contribution in [0.1, 0.15) is 5.56 Å². The zero-order chi connectivity index (χ0) is 15.1. The maximum absolute atomic E-state index is 12.0. The van der Waals surface area contributed by atoms with Gasteiger partial charge in [-0.1, -0.05) is 30.3 Å². The minimum Gasteiger partial charge on any atom is -0.481 e. The lowest BCUT2D eigenvalue weighted by atomic mass is 10.2. The number of likely N-dealkylation sites (N-methyl/N-ethyl adjacent to an activating group) is 1. The SMILES string of the molecule is COc1ccc(NC(=O)CN(C)Cc2ccccc2)cn1. The molecule has 0 aliphatic carbocycles. The number of benzene rings is 1. The van der Waals surface area contributed by atoms with Crippen molar-refractivity contribution in [3.8, 4) is 5.88 Å². The van der Waals surface area contributed by atoms with Gasteiger partial charge >= 0.3 is 0 Å². The molecule has 1 amide bonds. The van der Waals surface area contributed by atoms with E-state index in [2.05, 4.69) is 10.3 Å². The summed E-state index contributed by atoms with van der Waals surface area (Å²) in [4.78, 5) is 18.0. The first-order chi connectivity index (χ1) is 10.2. The van der Waals surface area contributed by atoms with Gasteiger partial charge in [0.25, 0.3) is 0 Å². The highest BCUT2D eigenvalue weighted by atomic mass is 16.5. The predicted octanol–water partition coefficient (Wildman–Crippen LogP) is 2.16.